The molecule has 6 nitrogen and oxygen atoms in total. The molecule has 3 aromatic rings. The first-order valence-corrected chi connectivity index (χ1v) is 7.82. The van der Waals surface area contributed by atoms with Crippen LogP contribution in [-0.4, -0.2) is 33.3 Å². The summed E-state index contributed by atoms with van der Waals surface area (Å²) in [5.41, 5.74) is 3.01. The standard InChI is InChI=1S/C19H14N4O2/c24-17-14-3-1-2-4-15(14)18(25)16(17)9-10-20-13-7-5-12(6-8-13)19-21-11-22-23-19/h1-9,11,20H,10H2,(H,21,22,23). The zero-order valence-electron chi connectivity index (χ0n) is 13.2. The van der Waals surface area contributed by atoms with E-state index in [2.05, 4.69) is 20.5 Å². The van der Waals surface area contributed by atoms with Crippen molar-refractivity contribution in [2.45, 2.75) is 0 Å². The van der Waals surface area contributed by atoms with Crippen LogP contribution in [0.25, 0.3) is 11.4 Å². The van der Waals surface area contributed by atoms with Gasteiger partial charge in [-0.1, -0.05) is 30.3 Å². The molecule has 1 aliphatic carbocycles. The normalized spacial score (nSPS) is 13.0. The minimum Gasteiger partial charge on any atom is -0.382 e. The van der Waals surface area contributed by atoms with E-state index in [1.165, 1.54) is 6.33 Å². The smallest absolute Gasteiger partial charge is 0.197 e. The number of hydrogen-bond donors (Lipinski definition) is 2. The third-order valence-electron chi connectivity index (χ3n) is 4.09. The van der Waals surface area contributed by atoms with Crippen LogP contribution in [0.1, 0.15) is 20.7 Å². The largest absolute Gasteiger partial charge is 0.382 e. The molecule has 0 radical (unpaired) electrons. The highest BCUT2D eigenvalue weighted by Crippen LogP contribution is 2.26. The van der Waals surface area contributed by atoms with Crippen molar-refractivity contribution in [2.75, 3.05) is 11.9 Å². The molecule has 0 saturated carbocycles. The van der Waals surface area contributed by atoms with Crippen LogP contribution in [0.2, 0.25) is 0 Å². The maximum Gasteiger partial charge on any atom is 0.197 e. The van der Waals surface area contributed by atoms with Gasteiger partial charge in [0.25, 0.3) is 0 Å². The van der Waals surface area contributed by atoms with Gasteiger partial charge in [0.15, 0.2) is 17.4 Å². The molecule has 4 rings (SSSR count). The Morgan fingerprint density at radius 3 is 2.24 bits per heavy atom. The van der Waals surface area contributed by atoms with Gasteiger partial charge in [-0.05, 0) is 24.3 Å². The molecule has 1 aliphatic rings. The second kappa shape index (κ2) is 6.16. The molecule has 0 unspecified atom stereocenters. The Balaban J connectivity index is 1.45. The molecule has 0 saturated heterocycles. The Labute approximate surface area is 143 Å². The highest BCUT2D eigenvalue weighted by molar-refractivity contribution is 6.39. The number of carbonyl (C=O) groups is 2. The predicted octanol–water partition coefficient (Wildman–Crippen LogP) is 2.89. The van der Waals surface area contributed by atoms with E-state index in [9.17, 15) is 9.59 Å². The molecule has 6 heteroatoms. The number of carbonyl (C=O) groups excluding carboxylic acids is 2. The molecule has 0 amide bonds. The molecule has 0 bridgehead atoms. The van der Waals surface area contributed by atoms with E-state index < -0.39 is 0 Å². The Morgan fingerprint density at radius 1 is 0.960 bits per heavy atom. The van der Waals surface area contributed by atoms with E-state index in [0.29, 0.717) is 23.5 Å². The summed E-state index contributed by atoms with van der Waals surface area (Å²) < 4.78 is 0. The molecular weight excluding hydrogens is 316 g/mol. The summed E-state index contributed by atoms with van der Waals surface area (Å²) in [6.07, 6.45) is 3.11. The molecule has 0 fully saturated rings. The maximum absolute atomic E-state index is 12.3. The van der Waals surface area contributed by atoms with Gasteiger partial charge in [0.1, 0.15) is 6.33 Å². The highest BCUT2D eigenvalue weighted by Gasteiger charge is 2.32. The van der Waals surface area contributed by atoms with E-state index in [0.717, 1.165) is 11.3 Å². The lowest BCUT2D eigenvalue weighted by Gasteiger charge is -2.04. The van der Waals surface area contributed by atoms with Gasteiger partial charge in [-0.25, -0.2) is 4.98 Å². The molecule has 0 aliphatic heterocycles. The lowest BCUT2D eigenvalue weighted by molar-refractivity contribution is 0.0988. The Kier molecular flexibility index (Phi) is 3.70. The van der Waals surface area contributed by atoms with Gasteiger partial charge >= 0.3 is 0 Å². The quantitative estimate of drug-likeness (QED) is 0.567. The van der Waals surface area contributed by atoms with Gasteiger partial charge in [0.05, 0.1) is 5.57 Å². The van der Waals surface area contributed by atoms with Crippen molar-refractivity contribution in [1.29, 1.82) is 0 Å². The van der Waals surface area contributed by atoms with E-state index in [4.69, 9.17) is 0 Å². The van der Waals surface area contributed by atoms with Crippen LogP contribution in [0.5, 0.6) is 0 Å². The molecule has 0 spiro atoms. The van der Waals surface area contributed by atoms with Crippen molar-refractivity contribution in [1.82, 2.24) is 15.2 Å². The number of aromatic amines is 1. The topological polar surface area (TPSA) is 87.7 Å². The number of anilines is 1. The van der Waals surface area contributed by atoms with Crippen molar-refractivity contribution >= 4 is 17.3 Å². The molecular formula is C19H14N4O2. The van der Waals surface area contributed by atoms with Crippen molar-refractivity contribution in [3.8, 4) is 11.4 Å². The lowest BCUT2D eigenvalue weighted by atomic mass is 10.1. The van der Waals surface area contributed by atoms with Gasteiger partial charge in [-0.2, -0.15) is 5.10 Å². The SMILES string of the molecule is O=C1C(=CCNc2ccc(-c3ncn[nH]3)cc2)C(=O)c2ccccc21. The van der Waals surface area contributed by atoms with Crippen molar-refractivity contribution in [3.63, 3.8) is 0 Å². The number of nitrogens with one attached hydrogen (secondary N) is 2. The Bertz CT molecular complexity index is 936. The van der Waals surface area contributed by atoms with Gasteiger partial charge in [0.2, 0.25) is 0 Å². The molecule has 25 heavy (non-hydrogen) atoms. The van der Waals surface area contributed by atoms with Crippen LogP contribution in [0, 0.1) is 0 Å². The Morgan fingerprint density at radius 2 is 1.64 bits per heavy atom. The summed E-state index contributed by atoms with van der Waals surface area (Å²) in [6, 6.07) is 14.5. The van der Waals surface area contributed by atoms with E-state index >= 15 is 0 Å². The Hall–Kier alpha value is -3.54. The third kappa shape index (κ3) is 2.74. The predicted molar refractivity (Wildman–Crippen MR) is 93.5 cm³/mol. The van der Waals surface area contributed by atoms with Crippen LogP contribution < -0.4 is 5.32 Å². The van der Waals surface area contributed by atoms with Crippen LogP contribution in [0.15, 0.2) is 66.5 Å². The number of ketones is 2. The maximum atomic E-state index is 12.3. The summed E-state index contributed by atoms with van der Waals surface area (Å²) in [5, 5.41) is 9.81. The van der Waals surface area contributed by atoms with Crippen molar-refractivity contribution < 1.29 is 9.59 Å². The van der Waals surface area contributed by atoms with Gasteiger partial charge in [-0.3, -0.25) is 14.7 Å². The average Bonchev–Trinajstić information content (AvgIpc) is 3.26. The number of H-pyrrole nitrogens is 1. The number of aromatic nitrogens is 3. The first-order chi connectivity index (χ1) is 12.2. The first-order valence-electron chi connectivity index (χ1n) is 7.82. The number of hydrogen-bond acceptors (Lipinski definition) is 5. The van der Waals surface area contributed by atoms with E-state index in [1.807, 2.05) is 24.3 Å². The molecule has 122 valence electrons. The summed E-state index contributed by atoms with van der Waals surface area (Å²) in [5.74, 6) is 0.291. The zero-order valence-corrected chi connectivity index (χ0v) is 13.2. The minimum absolute atomic E-state index is 0.205. The molecule has 0 atom stereocenters. The fourth-order valence-corrected chi connectivity index (χ4v) is 2.82. The molecule has 1 heterocycles. The number of nitrogens with zero attached hydrogens (tertiary/aromatic N) is 2. The lowest BCUT2D eigenvalue weighted by Crippen LogP contribution is -2.05. The second-order valence-corrected chi connectivity index (χ2v) is 5.61. The number of allylic oxidation sites excluding steroid dienone is 1. The van der Waals surface area contributed by atoms with Crippen LogP contribution in [0.3, 0.4) is 0 Å². The summed E-state index contributed by atoms with van der Waals surface area (Å²) >= 11 is 0. The van der Waals surface area contributed by atoms with E-state index in [-0.39, 0.29) is 17.1 Å². The zero-order chi connectivity index (χ0) is 17.2. The van der Waals surface area contributed by atoms with Gasteiger partial charge in [0, 0.05) is 28.9 Å². The monoisotopic (exact) mass is 330 g/mol. The van der Waals surface area contributed by atoms with Crippen LogP contribution >= 0.6 is 0 Å². The average molecular weight is 330 g/mol. The number of Topliss-reactive ketones (excluding diaryl/α,β-unsaturated/α-hetero) is 2. The summed E-state index contributed by atoms with van der Waals surface area (Å²) in [6.45, 7) is 0.391. The van der Waals surface area contributed by atoms with Crippen molar-refractivity contribution in [2.24, 2.45) is 0 Å². The highest BCUT2D eigenvalue weighted by atomic mass is 16.2. The minimum atomic E-state index is -0.205. The fourth-order valence-electron chi connectivity index (χ4n) is 2.82. The molecule has 2 N–H and O–H groups in total. The van der Waals surface area contributed by atoms with Crippen LogP contribution in [0.4, 0.5) is 5.69 Å². The van der Waals surface area contributed by atoms with Gasteiger partial charge < -0.3 is 5.32 Å². The van der Waals surface area contributed by atoms with Crippen LogP contribution in [-0.2, 0) is 0 Å². The van der Waals surface area contributed by atoms with Gasteiger partial charge in [-0.15, -0.1) is 0 Å². The first kappa shape index (κ1) is 15.0. The summed E-state index contributed by atoms with van der Waals surface area (Å²) in [7, 11) is 0. The molecule has 2 aromatic carbocycles. The molecule has 1 aromatic heterocycles. The fraction of sp³-hybridized carbons (Fsp3) is 0.0526. The van der Waals surface area contributed by atoms with Crippen molar-refractivity contribution in [3.05, 3.63) is 77.6 Å². The number of benzene rings is 2. The third-order valence-corrected chi connectivity index (χ3v) is 4.09. The number of fused-ring (bicyclic) bond motifs is 1. The number of rotatable bonds is 4. The second-order valence-electron chi connectivity index (χ2n) is 5.61. The van der Waals surface area contributed by atoms with E-state index in [1.54, 1.807) is 30.3 Å². The summed E-state index contributed by atoms with van der Waals surface area (Å²) in [4.78, 5) is 28.7.